The fourth-order valence-electron chi connectivity index (χ4n) is 1.24. The van der Waals surface area contributed by atoms with E-state index in [0.29, 0.717) is 0 Å². The van der Waals surface area contributed by atoms with Crippen LogP contribution in [0.1, 0.15) is 10.4 Å². The second-order valence-electron chi connectivity index (χ2n) is 2.40. The van der Waals surface area contributed by atoms with Crippen LogP contribution in [0.4, 0.5) is 0 Å². The lowest BCUT2D eigenvalue weighted by Crippen LogP contribution is -2.05. The summed E-state index contributed by atoms with van der Waals surface area (Å²) in [6.45, 7) is 0.976. The molecule has 11 heavy (non-hydrogen) atoms. The van der Waals surface area contributed by atoms with Gasteiger partial charge in [-0.25, -0.2) is 0 Å². The molecule has 1 nitrogen and oxygen atoms in total. The predicted octanol–water partition coefficient (Wildman–Crippen LogP) is 2.41. The lowest BCUT2D eigenvalue weighted by molar-refractivity contribution is 0.972. The molecule has 2 rings (SSSR count). The van der Waals surface area contributed by atoms with E-state index in [1.165, 1.54) is 15.5 Å². The van der Waals surface area contributed by atoms with Crippen molar-refractivity contribution in [1.82, 2.24) is 0 Å². The number of thioether (sulfide) groups is 1. The quantitative estimate of drug-likeness (QED) is 0.601. The first kappa shape index (κ1) is 7.37. The second-order valence-corrected chi connectivity index (χ2v) is 4.19. The Hall–Kier alpha value is -0.280. The van der Waals surface area contributed by atoms with Gasteiger partial charge in [-0.05, 0) is 17.7 Å². The van der Waals surface area contributed by atoms with Gasteiger partial charge in [0.2, 0.25) is 0 Å². The van der Waals surface area contributed by atoms with Crippen molar-refractivity contribution < 1.29 is 0 Å². The van der Waals surface area contributed by atoms with Crippen LogP contribution >= 0.6 is 23.1 Å². The molecule has 1 aromatic rings. The molecule has 0 amide bonds. The fraction of sp³-hybridized carbons (Fsp3) is 0.375. The van der Waals surface area contributed by atoms with Gasteiger partial charge in [-0.2, -0.15) is 0 Å². The molecule has 2 heterocycles. The first-order valence-electron chi connectivity index (χ1n) is 3.57. The largest absolute Gasteiger partial charge is 0.277 e. The summed E-state index contributed by atoms with van der Waals surface area (Å²) >= 11 is 3.60. The topological polar surface area (TPSA) is 12.4 Å². The molecule has 1 aliphatic rings. The van der Waals surface area contributed by atoms with E-state index in [9.17, 15) is 0 Å². The monoisotopic (exact) mass is 183 g/mol. The van der Waals surface area contributed by atoms with Gasteiger partial charge >= 0.3 is 0 Å². The molecule has 0 aromatic carbocycles. The van der Waals surface area contributed by atoms with Gasteiger partial charge in [-0.3, -0.25) is 4.99 Å². The lowest BCUT2D eigenvalue weighted by atomic mass is 10.2. The number of thiophene rings is 1. The van der Waals surface area contributed by atoms with E-state index in [4.69, 9.17) is 0 Å². The summed E-state index contributed by atoms with van der Waals surface area (Å²) in [7, 11) is 0. The molecule has 1 aliphatic heterocycles. The van der Waals surface area contributed by atoms with Gasteiger partial charge < -0.3 is 0 Å². The zero-order valence-corrected chi connectivity index (χ0v) is 7.97. The molecule has 0 fully saturated rings. The van der Waals surface area contributed by atoms with Crippen LogP contribution in [-0.2, 0) is 6.42 Å². The summed E-state index contributed by atoms with van der Waals surface area (Å²) in [5.74, 6) is 0. The molecule has 0 bridgehead atoms. The molecule has 58 valence electrons. The fourth-order valence-corrected chi connectivity index (χ4v) is 2.81. The Morgan fingerprint density at radius 3 is 3.36 bits per heavy atom. The molecule has 3 heteroatoms. The number of nitrogens with zero attached hydrogens (tertiary/aromatic N) is 1. The van der Waals surface area contributed by atoms with Crippen molar-refractivity contribution in [1.29, 1.82) is 0 Å². The molecule has 0 radical (unpaired) electrons. The summed E-state index contributed by atoms with van der Waals surface area (Å²) in [5.41, 5.74) is 1.37. The van der Waals surface area contributed by atoms with Crippen LogP contribution in [0, 0.1) is 0 Å². The Morgan fingerprint density at radius 1 is 1.64 bits per heavy atom. The minimum absolute atomic E-state index is 0.976. The molecule has 0 atom stereocenters. The normalized spacial score (nSPS) is 15.9. The van der Waals surface area contributed by atoms with Crippen molar-refractivity contribution in [2.45, 2.75) is 6.42 Å². The van der Waals surface area contributed by atoms with Crippen molar-refractivity contribution in [3.05, 3.63) is 21.9 Å². The smallest absolute Gasteiger partial charge is 0.0985 e. The maximum absolute atomic E-state index is 4.45. The molecule has 0 N–H and O–H groups in total. The van der Waals surface area contributed by atoms with E-state index in [-0.39, 0.29) is 0 Å². The average Bonchev–Trinajstić information content (AvgIpc) is 2.50. The van der Waals surface area contributed by atoms with E-state index in [2.05, 4.69) is 22.7 Å². The highest BCUT2D eigenvalue weighted by atomic mass is 32.2. The Balaban J connectivity index is 2.45. The Kier molecular flexibility index (Phi) is 2.00. The van der Waals surface area contributed by atoms with E-state index in [0.717, 1.165) is 13.0 Å². The summed E-state index contributed by atoms with van der Waals surface area (Å²) in [5, 5.41) is 3.37. The molecular weight excluding hydrogens is 174 g/mol. The maximum Gasteiger partial charge on any atom is 0.0985 e. The molecule has 0 unspecified atom stereocenters. The summed E-state index contributed by atoms with van der Waals surface area (Å²) in [6, 6.07) is 2.18. The lowest BCUT2D eigenvalue weighted by Gasteiger charge is -2.09. The summed E-state index contributed by atoms with van der Waals surface area (Å²) < 4.78 is 0. The summed E-state index contributed by atoms with van der Waals surface area (Å²) in [6.07, 6.45) is 3.22. The highest BCUT2D eigenvalue weighted by molar-refractivity contribution is 8.13. The standard InChI is InChI=1S/C8H9NS2/c1-10-8-6-3-5-11-7(6)2-4-9-8/h3,5H,2,4H2,1H3. The number of hydrogen-bond acceptors (Lipinski definition) is 3. The second kappa shape index (κ2) is 2.99. The average molecular weight is 183 g/mol. The van der Waals surface area contributed by atoms with E-state index in [1.807, 2.05) is 11.3 Å². The van der Waals surface area contributed by atoms with Crippen molar-refractivity contribution in [3.8, 4) is 0 Å². The third kappa shape index (κ3) is 1.23. The Bertz CT molecular complexity index is 288. The molecule has 0 saturated carbocycles. The molecule has 1 aromatic heterocycles. The van der Waals surface area contributed by atoms with Gasteiger partial charge in [-0.15, -0.1) is 23.1 Å². The zero-order chi connectivity index (χ0) is 7.68. The van der Waals surface area contributed by atoms with E-state index >= 15 is 0 Å². The van der Waals surface area contributed by atoms with Gasteiger partial charge in [0.1, 0.15) is 0 Å². The van der Waals surface area contributed by atoms with E-state index in [1.54, 1.807) is 11.8 Å². The van der Waals surface area contributed by atoms with Crippen LogP contribution < -0.4 is 0 Å². The van der Waals surface area contributed by atoms with E-state index < -0.39 is 0 Å². The molecule has 0 aliphatic carbocycles. The SMILES string of the molecule is CSC1=NCCc2sccc21. The van der Waals surface area contributed by atoms with Gasteiger partial charge in [0, 0.05) is 23.4 Å². The third-order valence-electron chi connectivity index (χ3n) is 1.76. The van der Waals surface area contributed by atoms with Gasteiger partial charge in [0.15, 0.2) is 0 Å². The maximum atomic E-state index is 4.45. The Morgan fingerprint density at radius 2 is 2.55 bits per heavy atom. The van der Waals surface area contributed by atoms with Gasteiger partial charge in [0.05, 0.1) is 5.04 Å². The van der Waals surface area contributed by atoms with Crippen molar-refractivity contribution in [2.24, 2.45) is 4.99 Å². The molecule has 0 saturated heterocycles. The first-order valence-corrected chi connectivity index (χ1v) is 5.67. The summed E-state index contributed by atoms with van der Waals surface area (Å²) in [4.78, 5) is 5.95. The highest BCUT2D eigenvalue weighted by Gasteiger charge is 2.13. The minimum Gasteiger partial charge on any atom is -0.277 e. The molecule has 0 spiro atoms. The van der Waals surface area contributed by atoms with Crippen LogP contribution in [0.5, 0.6) is 0 Å². The predicted molar refractivity (Wildman–Crippen MR) is 52.9 cm³/mol. The highest BCUT2D eigenvalue weighted by Crippen LogP contribution is 2.25. The van der Waals surface area contributed by atoms with Crippen LogP contribution in [-0.4, -0.2) is 17.8 Å². The van der Waals surface area contributed by atoms with Crippen LogP contribution in [0.2, 0.25) is 0 Å². The Labute approximate surface area is 74.5 Å². The number of hydrogen-bond donors (Lipinski definition) is 0. The third-order valence-corrected chi connectivity index (χ3v) is 3.48. The van der Waals surface area contributed by atoms with Gasteiger partial charge in [0.25, 0.3) is 0 Å². The first-order chi connectivity index (χ1) is 5.42. The van der Waals surface area contributed by atoms with Crippen molar-refractivity contribution >= 4 is 28.1 Å². The zero-order valence-electron chi connectivity index (χ0n) is 6.33. The molecular formula is C8H9NS2. The van der Waals surface area contributed by atoms with Crippen LogP contribution in [0.15, 0.2) is 16.4 Å². The number of rotatable bonds is 0. The van der Waals surface area contributed by atoms with Crippen LogP contribution in [0.3, 0.4) is 0 Å². The number of aliphatic imine (C=N–C) groups is 1. The van der Waals surface area contributed by atoms with Gasteiger partial charge in [-0.1, -0.05) is 0 Å². The number of fused-ring (bicyclic) bond motifs is 1. The minimum atomic E-state index is 0.976. The van der Waals surface area contributed by atoms with Crippen molar-refractivity contribution in [3.63, 3.8) is 0 Å². The van der Waals surface area contributed by atoms with Crippen LogP contribution in [0.25, 0.3) is 0 Å². The van der Waals surface area contributed by atoms with Crippen molar-refractivity contribution in [2.75, 3.05) is 12.8 Å².